The minimum Gasteiger partial charge on any atom is -0.421 e. The molecule has 1 fully saturated rings. The first-order chi connectivity index (χ1) is 18.6. The highest BCUT2D eigenvalue weighted by Gasteiger charge is 2.32. The number of benzene rings is 1. The van der Waals surface area contributed by atoms with E-state index in [1.807, 2.05) is 77.3 Å². The molecule has 0 spiro atoms. The molecular formula is C29H31N7O2S. The fraction of sp³-hybridized carbons (Fsp3) is 0.276. The summed E-state index contributed by atoms with van der Waals surface area (Å²) >= 11 is 1.46. The fourth-order valence-corrected chi connectivity index (χ4v) is 5.47. The summed E-state index contributed by atoms with van der Waals surface area (Å²) in [6.07, 6.45) is 5.45. The van der Waals surface area contributed by atoms with Gasteiger partial charge in [-0.1, -0.05) is 25.6 Å². The Balaban J connectivity index is 0.00000308. The summed E-state index contributed by atoms with van der Waals surface area (Å²) in [5.41, 5.74) is 2.72. The van der Waals surface area contributed by atoms with Crippen LogP contribution in [0.5, 0.6) is 0 Å². The number of rotatable bonds is 7. The van der Waals surface area contributed by atoms with Crippen molar-refractivity contribution in [3.05, 3.63) is 94.9 Å². The summed E-state index contributed by atoms with van der Waals surface area (Å²) in [4.78, 5) is 23.2. The zero-order valence-corrected chi connectivity index (χ0v) is 21.8. The van der Waals surface area contributed by atoms with Crippen LogP contribution in [0.3, 0.4) is 0 Å². The van der Waals surface area contributed by atoms with Crippen molar-refractivity contribution < 1.29 is 9.21 Å². The Morgan fingerprint density at radius 3 is 2.67 bits per heavy atom. The topological polar surface area (TPSA) is 93.2 Å². The monoisotopic (exact) mass is 541 g/mol. The molecule has 0 aliphatic carbocycles. The summed E-state index contributed by atoms with van der Waals surface area (Å²) in [6.45, 7) is 4.36. The van der Waals surface area contributed by atoms with Crippen LogP contribution < -0.4 is 4.90 Å². The van der Waals surface area contributed by atoms with Crippen LogP contribution in [0.25, 0.3) is 17.1 Å². The molecule has 6 rings (SSSR count). The molecular weight excluding hydrogens is 510 g/mol. The molecule has 200 valence electrons. The van der Waals surface area contributed by atoms with Gasteiger partial charge >= 0.3 is 0 Å². The molecule has 5 aromatic rings. The Labute approximate surface area is 231 Å². The number of carbonyl (C=O) groups excluding carboxylic acids is 1. The van der Waals surface area contributed by atoms with Crippen molar-refractivity contribution in [1.29, 1.82) is 0 Å². The number of anilines is 1. The average molecular weight is 542 g/mol. The van der Waals surface area contributed by atoms with Crippen molar-refractivity contribution in [3.63, 3.8) is 0 Å². The van der Waals surface area contributed by atoms with E-state index in [9.17, 15) is 4.79 Å². The van der Waals surface area contributed by atoms with Gasteiger partial charge in [0.2, 0.25) is 11.8 Å². The van der Waals surface area contributed by atoms with Gasteiger partial charge in [0.15, 0.2) is 5.82 Å². The van der Waals surface area contributed by atoms with Crippen molar-refractivity contribution in [1.82, 2.24) is 29.9 Å². The quantitative estimate of drug-likeness (QED) is 0.263. The number of nitrogens with zero attached hydrogens (tertiary/aromatic N) is 7. The molecule has 1 aliphatic heterocycles. The van der Waals surface area contributed by atoms with Crippen LogP contribution in [0, 0.1) is 6.92 Å². The number of aryl methyl sites for hydroxylation is 1. The smallest absolute Gasteiger partial charge is 0.269 e. The van der Waals surface area contributed by atoms with Gasteiger partial charge in [0.25, 0.3) is 5.91 Å². The van der Waals surface area contributed by atoms with Gasteiger partial charge in [0, 0.05) is 56.6 Å². The maximum absolute atomic E-state index is 13.7. The Bertz CT molecular complexity index is 1510. The minimum atomic E-state index is -0.0106. The summed E-state index contributed by atoms with van der Waals surface area (Å²) in [5, 5.41) is 14.8. The zero-order valence-electron chi connectivity index (χ0n) is 21.0. The van der Waals surface area contributed by atoms with Gasteiger partial charge in [-0.25, -0.2) is 4.68 Å². The molecule has 0 N–H and O–H groups in total. The molecule has 0 unspecified atom stereocenters. The molecule has 1 aromatic carbocycles. The van der Waals surface area contributed by atoms with Crippen molar-refractivity contribution in [2.24, 2.45) is 0 Å². The third-order valence-electron chi connectivity index (χ3n) is 6.69. The van der Waals surface area contributed by atoms with Crippen LogP contribution >= 0.6 is 11.3 Å². The molecule has 4 aromatic heterocycles. The lowest BCUT2D eigenvalue weighted by Crippen LogP contribution is -2.47. The molecule has 5 heterocycles. The Morgan fingerprint density at radius 2 is 1.95 bits per heavy atom. The molecule has 0 atom stereocenters. The van der Waals surface area contributed by atoms with E-state index >= 15 is 0 Å². The summed E-state index contributed by atoms with van der Waals surface area (Å²) in [5.74, 6) is 1.61. The van der Waals surface area contributed by atoms with Crippen LogP contribution in [0.2, 0.25) is 0 Å². The fourth-order valence-electron chi connectivity index (χ4n) is 4.81. The highest BCUT2D eigenvalue weighted by molar-refractivity contribution is 7.12. The lowest BCUT2D eigenvalue weighted by molar-refractivity contribution is 0.0961. The van der Waals surface area contributed by atoms with Crippen molar-refractivity contribution in [2.45, 2.75) is 39.8 Å². The van der Waals surface area contributed by atoms with E-state index in [-0.39, 0.29) is 19.4 Å². The Hall–Kier alpha value is -4.15. The van der Waals surface area contributed by atoms with Gasteiger partial charge < -0.3 is 4.42 Å². The molecule has 0 bridgehead atoms. The number of hydrogen-bond donors (Lipinski definition) is 0. The van der Waals surface area contributed by atoms with E-state index in [1.165, 1.54) is 11.3 Å². The van der Waals surface area contributed by atoms with Crippen LogP contribution in [-0.2, 0) is 6.54 Å². The second kappa shape index (κ2) is 11.7. The first-order valence-corrected chi connectivity index (χ1v) is 13.5. The molecule has 0 saturated carbocycles. The molecule has 9 nitrogen and oxygen atoms in total. The van der Waals surface area contributed by atoms with E-state index in [0.717, 1.165) is 49.4 Å². The van der Waals surface area contributed by atoms with E-state index in [0.29, 0.717) is 22.5 Å². The van der Waals surface area contributed by atoms with Crippen LogP contribution in [0.1, 0.15) is 41.5 Å². The third-order valence-corrected chi connectivity index (χ3v) is 7.55. The van der Waals surface area contributed by atoms with Gasteiger partial charge in [0.1, 0.15) is 0 Å². The minimum absolute atomic E-state index is 0. The SMILES string of the molecule is C.Cc1nnc(-c2cccc(-n3ccc(N(C(=O)c4cccs4)C4CCN(Cc5ccccn5)CC4)n3)c2)o1. The lowest BCUT2D eigenvalue weighted by atomic mass is 10.0. The standard InChI is InChI=1S/C28H27N7O2S.CH4/c1-20-30-31-27(37-20)21-6-4-8-24(18-21)34-16-12-26(32-34)35(28(36)25-9-5-17-38-25)23-10-14-33(15-11-23)19-22-7-2-3-13-29-22;/h2-9,12-13,16-18,23H,10-11,14-15,19H2,1H3;1H4. The zero-order chi connectivity index (χ0) is 25.9. The van der Waals surface area contributed by atoms with E-state index in [1.54, 1.807) is 11.6 Å². The number of piperidine rings is 1. The predicted molar refractivity (Wildman–Crippen MR) is 152 cm³/mol. The highest BCUT2D eigenvalue weighted by Crippen LogP contribution is 2.28. The largest absolute Gasteiger partial charge is 0.421 e. The van der Waals surface area contributed by atoms with E-state index < -0.39 is 0 Å². The van der Waals surface area contributed by atoms with Crippen molar-refractivity contribution in [3.8, 4) is 17.1 Å². The number of aromatic nitrogens is 5. The number of carbonyl (C=O) groups is 1. The third kappa shape index (κ3) is 5.81. The summed E-state index contributed by atoms with van der Waals surface area (Å²) in [6, 6.07) is 19.5. The van der Waals surface area contributed by atoms with Gasteiger partial charge in [-0.2, -0.15) is 0 Å². The van der Waals surface area contributed by atoms with Gasteiger partial charge in [-0.15, -0.1) is 26.6 Å². The first kappa shape index (κ1) is 26.5. The number of likely N-dealkylation sites (tertiary alicyclic amines) is 1. The summed E-state index contributed by atoms with van der Waals surface area (Å²) in [7, 11) is 0. The average Bonchev–Trinajstić information content (AvgIpc) is 3.73. The number of pyridine rings is 1. The van der Waals surface area contributed by atoms with E-state index in [4.69, 9.17) is 9.52 Å². The molecule has 10 heteroatoms. The predicted octanol–water partition coefficient (Wildman–Crippen LogP) is 5.63. The molecule has 0 radical (unpaired) electrons. The number of thiophene rings is 1. The molecule has 39 heavy (non-hydrogen) atoms. The van der Waals surface area contributed by atoms with Crippen molar-refractivity contribution >= 4 is 23.1 Å². The molecule has 1 aliphatic rings. The second-order valence-corrected chi connectivity index (χ2v) is 10.2. The maximum atomic E-state index is 13.7. The van der Waals surface area contributed by atoms with Gasteiger partial charge in [-0.3, -0.25) is 19.6 Å². The maximum Gasteiger partial charge on any atom is 0.269 e. The molecule has 1 saturated heterocycles. The van der Waals surface area contributed by atoms with Crippen LogP contribution in [0.4, 0.5) is 5.82 Å². The van der Waals surface area contributed by atoms with Crippen molar-refractivity contribution in [2.75, 3.05) is 18.0 Å². The van der Waals surface area contributed by atoms with Gasteiger partial charge in [-0.05, 0) is 54.6 Å². The van der Waals surface area contributed by atoms with Gasteiger partial charge in [0.05, 0.1) is 16.3 Å². The Morgan fingerprint density at radius 1 is 1.08 bits per heavy atom. The Kier molecular flexibility index (Phi) is 7.94. The first-order valence-electron chi connectivity index (χ1n) is 12.6. The second-order valence-electron chi connectivity index (χ2n) is 9.28. The number of hydrogen-bond acceptors (Lipinski definition) is 8. The van der Waals surface area contributed by atoms with Crippen LogP contribution in [-0.4, -0.2) is 54.9 Å². The number of amides is 1. The highest BCUT2D eigenvalue weighted by atomic mass is 32.1. The van der Waals surface area contributed by atoms with Crippen LogP contribution in [0.15, 0.2) is 82.9 Å². The molecule has 1 amide bonds. The normalized spacial score (nSPS) is 14.2. The lowest BCUT2D eigenvalue weighted by Gasteiger charge is -2.37. The summed E-state index contributed by atoms with van der Waals surface area (Å²) < 4.78 is 7.38. The van der Waals surface area contributed by atoms with E-state index in [2.05, 4.69) is 26.1 Å².